The normalized spacial score (nSPS) is 15.3. The van der Waals surface area contributed by atoms with Gasteiger partial charge in [0.05, 0.1) is 5.69 Å². The Bertz CT molecular complexity index is 846. The molecule has 1 aromatic carbocycles. The van der Waals surface area contributed by atoms with Crippen molar-refractivity contribution in [2.24, 2.45) is 5.92 Å². The fourth-order valence-electron chi connectivity index (χ4n) is 3.20. The van der Waals surface area contributed by atoms with Crippen LogP contribution >= 0.6 is 0 Å². The molecule has 0 radical (unpaired) electrons. The van der Waals surface area contributed by atoms with Crippen molar-refractivity contribution in [3.63, 3.8) is 0 Å². The van der Waals surface area contributed by atoms with Crippen molar-refractivity contribution in [1.29, 1.82) is 0 Å². The van der Waals surface area contributed by atoms with Crippen LogP contribution in [0.2, 0.25) is 0 Å². The lowest BCUT2D eigenvalue weighted by atomic mass is 9.96. The molecule has 0 atom stereocenters. The number of nitrogens with zero attached hydrogens (tertiary/aromatic N) is 2. The Morgan fingerprint density at radius 2 is 1.84 bits per heavy atom. The number of nitrogens with one attached hydrogen (secondary N) is 2. The minimum absolute atomic E-state index is 0.0169. The minimum atomic E-state index is -0.502. The Morgan fingerprint density at radius 1 is 1.16 bits per heavy atom. The average Bonchev–Trinajstić information content (AvgIpc) is 2.62. The molecule has 2 heterocycles. The molecule has 1 saturated heterocycles. The second-order valence-corrected chi connectivity index (χ2v) is 6.32. The van der Waals surface area contributed by atoms with Crippen LogP contribution in [0.5, 0.6) is 0 Å². The van der Waals surface area contributed by atoms with E-state index < -0.39 is 11.2 Å². The molecule has 7 heteroatoms. The number of amides is 1. The summed E-state index contributed by atoms with van der Waals surface area (Å²) in [5.74, 6) is 0.645. The van der Waals surface area contributed by atoms with Gasteiger partial charge in [-0.15, -0.1) is 0 Å². The fraction of sp³-hybridized carbons (Fsp3) is 0.389. The monoisotopic (exact) mass is 342 g/mol. The van der Waals surface area contributed by atoms with Crippen LogP contribution in [0, 0.1) is 5.92 Å². The highest BCUT2D eigenvalue weighted by Gasteiger charge is 2.23. The predicted octanol–water partition coefficient (Wildman–Crippen LogP) is 0.597. The second-order valence-electron chi connectivity index (χ2n) is 6.32. The van der Waals surface area contributed by atoms with Crippen LogP contribution in [0.4, 0.5) is 0 Å². The summed E-state index contributed by atoms with van der Waals surface area (Å²) in [6.45, 7) is 2.53. The first-order valence-electron chi connectivity index (χ1n) is 8.45. The first-order chi connectivity index (χ1) is 12.1. The van der Waals surface area contributed by atoms with E-state index in [1.165, 1.54) is 16.8 Å². The lowest BCUT2D eigenvalue weighted by Crippen LogP contribution is -2.40. The van der Waals surface area contributed by atoms with E-state index in [0.29, 0.717) is 17.2 Å². The largest absolute Gasteiger partial charge is 0.339 e. The van der Waals surface area contributed by atoms with Gasteiger partial charge in [-0.3, -0.25) is 19.1 Å². The van der Waals surface area contributed by atoms with Crippen molar-refractivity contribution in [3.05, 3.63) is 62.9 Å². The molecule has 132 valence electrons. The summed E-state index contributed by atoms with van der Waals surface area (Å²) in [6.07, 6.45) is 3.44. The maximum absolute atomic E-state index is 12.6. The van der Waals surface area contributed by atoms with Gasteiger partial charge in [0.2, 0.25) is 0 Å². The third-order valence-electron chi connectivity index (χ3n) is 4.61. The molecule has 2 N–H and O–H groups in total. The zero-order valence-electron chi connectivity index (χ0n) is 14.2. The van der Waals surface area contributed by atoms with Gasteiger partial charge in [-0.25, -0.2) is 4.79 Å². The van der Waals surface area contributed by atoms with Gasteiger partial charge in [-0.1, -0.05) is 0 Å². The Labute approximate surface area is 145 Å². The molecule has 0 bridgehead atoms. The van der Waals surface area contributed by atoms with Gasteiger partial charge in [0.1, 0.15) is 0 Å². The van der Waals surface area contributed by atoms with Gasteiger partial charge < -0.3 is 10.2 Å². The van der Waals surface area contributed by atoms with Gasteiger partial charge in [0.15, 0.2) is 0 Å². The number of carbonyl (C=O) groups is 1. The molecule has 0 aliphatic carbocycles. The molecule has 2 aromatic rings. The van der Waals surface area contributed by atoms with Gasteiger partial charge in [-0.2, -0.15) is 0 Å². The van der Waals surface area contributed by atoms with E-state index >= 15 is 0 Å². The van der Waals surface area contributed by atoms with Crippen LogP contribution in [0.25, 0.3) is 5.69 Å². The molecular formula is C18H22N4O3. The lowest BCUT2D eigenvalue weighted by molar-refractivity contribution is 0.0691. The van der Waals surface area contributed by atoms with Crippen molar-refractivity contribution in [1.82, 2.24) is 19.8 Å². The summed E-state index contributed by atoms with van der Waals surface area (Å²) in [7, 11) is 1.95. The lowest BCUT2D eigenvalue weighted by Gasteiger charge is -2.32. The molecule has 0 spiro atoms. The number of H-pyrrole nitrogens is 1. The van der Waals surface area contributed by atoms with E-state index in [2.05, 4.69) is 10.3 Å². The van der Waals surface area contributed by atoms with Crippen LogP contribution < -0.4 is 16.6 Å². The van der Waals surface area contributed by atoms with Crippen LogP contribution in [-0.2, 0) is 0 Å². The van der Waals surface area contributed by atoms with Gasteiger partial charge >= 0.3 is 5.69 Å². The standard InChI is InChI=1S/C18H22N4O3/c1-19-12-13-6-9-21(10-7-13)17(24)14-2-4-15(5-3-14)22-11-8-16(23)20-18(22)25/h2-5,8,11,13,19H,6-7,9-10,12H2,1H3,(H,20,23,25). The molecule has 0 saturated carbocycles. The van der Waals surface area contributed by atoms with Crippen molar-refractivity contribution >= 4 is 5.91 Å². The Kier molecular flexibility index (Phi) is 5.14. The van der Waals surface area contributed by atoms with Crippen LogP contribution in [0.3, 0.4) is 0 Å². The summed E-state index contributed by atoms with van der Waals surface area (Å²) < 4.78 is 1.33. The van der Waals surface area contributed by atoms with Crippen LogP contribution in [0.15, 0.2) is 46.1 Å². The summed E-state index contributed by atoms with van der Waals surface area (Å²) in [5, 5.41) is 3.19. The van der Waals surface area contributed by atoms with E-state index in [9.17, 15) is 14.4 Å². The highest BCUT2D eigenvalue weighted by atomic mass is 16.2. The quantitative estimate of drug-likeness (QED) is 0.852. The third kappa shape index (κ3) is 3.88. The Balaban J connectivity index is 1.71. The maximum Gasteiger partial charge on any atom is 0.332 e. The second kappa shape index (κ2) is 7.48. The van der Waals surface area contributed by atoms with Gasteiger partial charge in [0, 0.05) is 30.9 Å². The summed E-state index contributed by atoms with van der Waals surface area (Å²) in [6, 6.07) is 8.14. The summed E-state index contributed by atoms with van der Waals surface area (Å²) in [4.78, 5) is 39.7. The number of hydrogen-bond acceptors (Lipinski definition) is 4. The van der Waals surface area contributed by atoms with Gasteiger partial charge in [0.25, 0.3) is 11.5 Å². The molecular weight excluding hydrogens is 320 g/mol. The van der Waals surface area contributed by atoms with Crippen molar-refractivity contribution in [2.45, 2.75) is 12.8 Å². The smallest absolute Gasteiger partial charge is 0.332 e. The number of aromatic nitrogens is 2. The molecule has 1 aliphatic rings. The number of piperidine rings is 1. The van der Waals surface area contributed by atoms with Crippen molar-refractivity contribution in [3.8, 4) is 5.69 Å². The predicted molar refractivity (Wildman–Crippen MR) is 95.2 cm³/mol. The van der Waals surface area contributed by atoms with E-state index in [1.54, 1.807) is 24.3 Å². The molecule has 1 fully saturated rings. The third-order valence-corrected chi connectivity index (χ3v) is 4.61. The Hall–Kier alpha value is -2.67. The van der Waals surface area contributed by atoms with E-state index in [1.807, 2.05) is 11.9 Å². The van der Waals surface area contributed by atoms with Crippen molar-refractivity contribution in [2.75, 3.05) is 26.7 Å². The van der Waals surface area contributed by atoms with E-state index in [0.717, 1.165) is 32.5 Å². The number of benzene rings is 1. The Morgan fingerprint density at radius 3 is 2.44 bits per heavy atom. The molecule has 25 heavy (non-hydrogen) atoms. The first-order valence-corrected chi connectivity index (χ1v) is 8.45. The zero-order chi connectivity index (χ0) is 17.8. The summed E-state index contributed by atoms with van der Waals surface area (Å²) in [5.41, 5.74) is 0.270. The number of rotatable bonds is 4. The zero-order valence-corrected chi connectivity index (χ0v) is 14.2. The van der Waals surface area contributed by atoms with E-state index in [4.69, 9.17) is 0 Å². The fourth-order valence-corrected chi connectivity index (χ4v) is 3.20. The molecule has 1 amide bonds. The first kappa shape index (κ1) is 17.2. The highest BCUT2D eigenvalue weighted by Crippen LogP contribution is 2.19. The van der Waals surface area contributed by atoms with Crippen LogP contribution in [0.1, 0.15) is 23.2 Å². The number of likely N-dealkylation sites (tertiary alicyclic amines) is 1. The summed E-state index contributed by atoms with van der Waals surface area (Å²) >= 11 is 0. The molecule has 1 aromatic heterocycles. The maximum atomic E-state index is 12.6. The number of hydrogen-bond donors (Lipinski definition) is 2. The molecule has 0 unspecified atom stereocenters. The average molecular weight is 342 g/mol. The highest BCUT2D eigenvalue weighted by molar-refractivity contribution is 5.94. The van der Waals surface area contributed by atoms with Crippen LogP contribution in [-0.4, -0.2) is 47.0 Å². The van der Waals surface area contributed by atoms with Crippen molar-refractivity contribution < 1.29 is 4.79 Å². The van der Waals surface area contributed by atoms with E-state index in [-0.39, 0.29) is 5.91 Å². The minimum Gasteiger partial charge on any atom is -0.339 e. The van der Waals surface area contributed by atoms with Gasteiger partial charge in [-0.05, 0) is 56.6 Å². The molecule has 7 nitrogen and oxygen atoms in total. The molecule has 1 aliphatic heterocycles. The number of aromatic amines is 1. The topological polar surface area (TPSA) is 87.2 Å². The number of carbonyl (C=O) groups excluding carboxylic acids is 1. The molecule has 3 rings (SSSR count). The SMILES string of the molecule is CNCC1CCN(C(=O)c2ccc(-n3ccc(=O)[nH]c3=O)cc2)CC1.